The predicted octanol–water partition coefficient (Wildman–Crippen LogP) is 3.92. The Hall–Kier alpha value is -2.64. The van der Waals surface area contributed by atoms with E-state index >= 15 is 0 Å². The van der Waals surface area contributed by atoms with Gasteiger partial charge in [-0.1, -0.05) is 37.6 Å². The highest BCUT2D eigenvalue weighted by Gasteiger charge is 2.47. The number of carbonyl (C=O) groups is 3. The number of allylic oxidation sites excluding steroid dienone is 3. The Morgan fingerprint density at radius 2 is 1.97 bits per heavy atom. The maximum absolute atomic E-state index is 13.6. The Bertz CT molecular complexity index is 998. The number of esters is 2. The molecular weight excluding hydrogens is 446 g/mol. The van der Waals surface area contributed by atoms with Gasteiger partial charge in [-0.2, -0.15) is 0 Å². The molecule has 0 unspecified atom stereocenters. The van der Waals surface area contributed by atoms with Crippen molar-refractivity contribution in [2.75, 3.05) is 26.9 Å². The molecule has 3 atom stereocenters. The topological polar surface area (TPSA) is 90.9 Å². The highest BCUT2D eigenvalue weighted by molar-refractivity contribution is 6.30. The molecule has 0 amide bonds. The van der Waals surface area contributed by atoms with E-state index < -0.39 is 23.8 Å². The predicted molar refractivity (Wildman–Crippen MR) is 123 cm³/mol. The van der Waals surface area contributed by atoms with Gasteiger partial charge in [0.2, 0.25) is 0 Å². The highest BCUT2D eigenvalue weighted by atomic mass is 35.5. The van der Waals surface area contributed by atoms with E-state index in [2.05, 4.69) is 5.32 Å². The van der Waals surface area contributed by atoms with Crippen molar-refractivity contribution in [3.05, 3.63) is 57.4 Å². The smallest absolute Gasteiger partial charge is 0.336 e. The summed E-state index contributed by atoms with van der Waals surface area (Å²) in [6, 6.07) is 7.04. The van der Waals surface area contributed by atoms with Crippen LogP contribution < -0.4 is 5.32 Å². The van der Waals surface area contributed by atoms with Crippen LogP contribution in [0.1, 0.15) is 45.1 Å². The first-order valence-electron chi connectivity index (χ1n) is 11.1. The molecule has 1 aliphatic carbocycles. The van der Waals surface area contributed by atoms with E-state index in [-0.39, 0.29) is 24.9 Å². The largest absolute Gasteiger partial charge is 0.468 e. The van der Waals surface area contributed by atoms with Gasteiger partial charge < -0.3 is 19.5 Å². The number of carbonyl (C=O) groups excluding carboxylic acids is 3. The Morgan fingerprint density at radius 1 is 1.21 bits per heavy atom. The van der Waals surface area contributed by atoms with E-state index in [1.54, 1.807) is 25.1 Å². The molecule has 3 rings (SSSR count). The maximum Gasteiger partial charge on any atom is 0.336 e. The Kier molecular flexibility index (Phi) is 8.32. The molecule has 0 radical (unpaired) electrons. The van der Waals surface area contributed by atoms with Crippen molar-refractivity contribution in [1.29, 1.82) is 0 Å². The van der Waals surface area contributed by atoms with Gasteiger partial charge in [0.1, 0.15) is 12.5 Å². The van der Waals surface area contributed by atoms with Gasteiger partial charge in [0, 0.05) is 34.5 Å². The number of ether oxygens (including phenoxy) is 3. The SMILES string of the molecule is CCCOCCOC(=O)C1=C(C)NC2=C(C(=O)[C@@H](C(=O)OC)[C@H](C)C2)[C@H]1c1cccc(Cl)c1. The summed E-state index contributed by atoms with van der Waals surface area (Å²) in [5, 5.41) is 3.71. The van der Waals surface area contributed by atoms with Crippen LogP contribution in [-0.2, 0) is 28.6 Å². The van der Waals surface area contributed by atoms with Crippen LogP contribution in [0.15, 0.2) is 46.8 Å². The van der Waals surface area contributed by atoms with Gasteiger partial charge in [0.15, 0.2) is 5.78 Å². The molecule has 8 heteroatoms. The summed E-state index contributed by atoms with van der Waals surface area (Å²) in [5.74, 6) is -3.36. The number of rotatable bonds is 8. The summed E-state index contributed by atoms with van der Waals surface area (Å²) in [6.07, 6.45) is 1.35. The maximum atomic E-state index is 13.6. The minimum absolute atomic E-state index is 0.0968. The molecule has 0 aromatic heterocycles. The third-order valence-electron chi connectivity index (χ3n) is 5.95. The molecule has 1 aliphatic heterocycles. The van der Waals surface area contributed by atoms with Crippen molar-refractivity contribution in [1.82, 2.24) is 5.32 Å². The number of dihydropyridines is 1. The number of hydrogen-bond donors (Lipinski definition) is 1. The van der Waals surface area contributed by atoms with Crippen LogP contribution in [-0.4, -0.2) is 44.7 Å². The Labute approximate surface area is 199 Å². The molecule has 0 spiro atoms. The lowest BCUT2D eigenvalue weighted by molar-refractivity contribution is -0.151. The van der Waals surface area contributed by atoms with Crippen molar-refractivity contribution in [3.63, 3.8) is 0 Å². The molecule has 178 valence electrons. The first kappa shape index (κ1) is 25.0. The van der Waals surface area contributed by atoms with Gasteiger partial charge in [-0.05, 0) is 43.4 Å². The molecular formula is C25H30ClNO6. The number of halogens is 1. The second-order valence-corrected chi connectivity index (χ2v) is 8.78. The number of methoxy groups -OCH3 is 1. The van der Waals surface area contributed by atoms with Crippen LogP contribution in [0.25, 0.3) is 0 Å². The summed E-state index contributed by atoms with van der Waals surface area (Å²) >= 11 is 6.26. The lowest BCUT2D eigenvalue weighted by Gasteiger charge is -2.38. The number of benzene rings is 1. The van der Waals surface area contributed by atoms with Crippen LogP contribution in [0.5, 0.6) is 0 Å². The molecule has 1 aromatic carbocycles. The van der Waals surface area contributed by atoms with Crippen LogP contribution in [0.2, 0.25) is 5.02 Å². The fourth-order valence-electron chi connectivity index (χ4n) is 4.49. The summed E-state index contributed by atoms with van der Waals surface area (Å²) in [7, 11) is 1.27. The molecule has 0 fully saturated rings. The summed E-state index contributed by atoms with van der Waals surface area (Å²) in [6.45, 7) is 6.60. The molecule has 1 heterocycles. The van der Waals surface area contributed by atoms with Gasteiger partial charge >= 0.3 is 11.9 Å². The number of ketones is 1. The number of nitrogens with one attached hydrogen (secondary N) is 1. The van der Waals surface area contributed by atoms with Crippen molar-refractivity contribution < 1.29 is 28.6 Å². The molecule has 0 bridgehead atoms. The monoisotopic (exact) mass is 475 g/mol. The third kappa shape index (κ3) is 5.31. The second-order valence-electron chi connectivity index (χ2n) is 8.34. The van der Waals surface area contributed by atoms with Gasteiger partial charge in [0.25, 0.3) is 0 Å². The summed E-state index contributed by atoms with van der Waals surface area (Å²) in [4.78, 5) is 39.3. The minimum Gasteiger partial charge on any atom is -0.468 e. The number of hydrogen-bond acceptors (Lipinski definition) is 7. The molecule has 1 aromatic rings. The molecule has 33 heavy (non-hydrogen) atoms. The lowest BCUT2D eigenvalue weighted by atomic mass is 9.69. The quantitative estimate of drug-likeness (QED) is 0.346. The zero-order valence-corrected chi connectivity index (χ0v) is 20.2. The van der Waals surface area contributed by atoms with E-state index in [1.165, 1.54) is 7.11 Å². The number of Topliss-reactive ketones (excluding diaryl/α,β-unsaturated/α-hetero) is 1. The normalized spacial score (nSPS) is 22.6. The van der Waals surface area contributed by atoms with E-state index in [9.17, 15) is 14.4 Å². The average molecular weight is 476 g/mol. The van der Waals surface area contributed by atoms with Crippen LogP contribution in [0, 0.1) is 11.8 Å². The van der Waals surface area contributed by atoms with E-state index in [0.717, 1.165) is 6.42 Å². The first-order valence-corrected chi connectivity index (χ1v) is 11.5. The zero-order valence-electron chi connectivity index (χ0n) is 19.4. The second kappa shape index (κ2) is 11.0. The Morgan fingerprint density at radius 3 is 2.64 bits per heavy atom. The van der Waals surface area contributed by atoms with Crippen molar-refractivity contribution in [2.24, 2.45) is 11.8 Å². The van der Waals surface area contributed by atoms with E-state index in [0.29, 0.717) is 46.2 Å². The molecule has 0 saturated carbocycles. The standard InChI is InChI=1S/C25H30ClNO6/c1-5-9-32-10-11-33-25(30)20-15(3)27-18-12-14(2)19(24(29)31-4)23(28)22(18)21(20)16-7-6-8-17(26)13-16/h6-8,13-14,19,21,27H,5,9-12H2,1-4H3/t14-,19+,21+/m1/s1. The van der Waals surface area contributed by atoms with Crippen molar-refractivity contribution in [3.8, 4) is 0 Å². The molecule has 2 aliphatic rings. The van der Waals surface area contributed by atoms with Crippen molar-refractivity contribution in [2.45, 2.75) is 39.5 Å². The molecule has 0 saturated heterocycles. The molecule has 7 nitrogen and oxygen atoms in total. The summed E-state index contributed by atoms with van der Waals surface area (Å²) in [5.41, 5.74) is 2.69. The van der Waals surface area contributed by atoms with Crippen LogP contribution in [0.4, 0.5) is 0 Å². The van der Waals surface area contributed by atoms with E-state index in [1.807, 2.05) is 19.9 Å². The zero-order chi connectivity index (χ0) is 24.1. The van der Waals surface area contributed by atoms with E-state index in [4.69, 9.17) is 25.8 Å². The average Bonchev–Trinajstić information content (AvgIpc) is 2.77. The van der Waals surface area contributed by atoms with Gasteiger partial charge in [-0.3, -0.25) is 9.59 Å². The third-order valence-corrected chi connectivity index (χ3v) is 6.19. The van der Waals surface area contributed by atoms with Crippen LogP contribution >= 0.6 is 11.6 Å². The lowest BCUT2D eigenvalue weighted by Crippen LogP contribution is -2.43. The van der Waals surface area contributed by atoms with Gasteiger partial charge in [-0.15, -0.1) is 0 Å². The fraction of sp³-hybridized carbons (Fsp3) is 0.480. The first-order chi connectivity index (χ1) is 15.8. The van der Waals surface area contributed by atoms with Gasteiger partial charge in [-0.25, -0.2) is 4.79 Å². The highest BCUT2D eigenvalue weighted by Crippen LogP contribution is 2.45. The van der Waals surface area contributed by atoms with Crippen LogP contribution in [0.3, 0.4) is 0 Å². The van der Waals surface area contributed by atoms with Crippen molar-refractivity contribution >= 4 is 29.3 Å². The Balaban J connectivity index is 2.02. The summed E-state index contributed by atoms with van der Waals surface area (Å²) < 4.78 is 15.8. The van der Waals surface area contributed by atoms with Gasteiger partial charge in [0.05, 0.1) is 19.3 Å². The molecule has 1 N–H and O–H groups in total. The fourth-order valence-corrected chi connectivity index (χ4v) is 4.69. The minimum atomic E-state index is -0.935.